The van der Waals surface area contributed by atoms with E-state index in [1.54, 1.807) is 24.0 Å². The fourth-order valence-corrected chi connectivity index (χ4v) is 2.38. The number of nitro benzene ring substituents is 1. The maximum Gasteiger partial charge on any atom is 0.410 e. The number of amides is 1. The van der Waals surface area contributed by atoms with Gasteiger partial charge in [0.1, 0.15) is 6.61 Å². The van der Waals surface area contributed by atoms with E-state index in [1.165, 1.54) is 12.1 Å². The summed E-state index contributed by atoms with van der Waals surface area (Å²) in [6.45, 7) is 2.35. The van der Waals surface area contributed by atoms with Gasteiger partial charge >= 0.3 is 6.09 Å². The zero-order valence-electron chi connectivity index (χ0n) is 11.7. The fourth-order valence-electron chi connectivity index (χ4n) is 2.38. The van der Waals surface area contributed by atoms with Crippen molar-refractivity contribution in [1.82, 2.24) is 4.90 Å². The minimum Gasteiger partial charge on any atom is -0.445 e. The first-order valence-electron chi connectivity index (χ1n) is 6.71. The Balaban J connectivity index is 1.91. The average molecular weight is 291 g/mol. The lowest BCUT2D eigenvalue weighted by atomic mass is 10.1. The molecular weight excluding hydrogens is 274 g/mol. The number of nitrogens with one attached hydrogen (secondary N) is 1. The van der Waals surface area contributed by atoms with Crippen molar-refractivity contribution in [1.29, 1.82) is 5.41 Å². The molecule has 0 bridgehead atoms. The first kappa shape index (κ1) is 15.0. The van der Waals surface area contributed by atoms with Gasteiger partial charge in [-0.1, -0.05) is 0 Å². The first-order chi connectivity index (χ1) is 9.99. The van der Waals surface area contributed by atoms with E-state index in [0.717, 1.165) is 12.8 Å². The number of carbonyl (C=O) groups excluding carboxylic acids is 1. The number of hydrogen-bond acceptors (Lipinski definition) is 5. The zero-order valence-corrected chi connectivity index (χ0v) is 11.7. The lowest BCUT2D eigenvalue weighted by molar-refractivity contribution is -0.384. The molecule has 1 aromatic rings. The predicted molar refractivity (Wildman–Crippen MR) is 76.4 cm³/mol. The fraction of sp³-hybridized carbons (Fsp3) is 0.429. The number of nitrogens with zero attached hydrogens (tertiary/aromatic N) is 2. The second-order valence-electron chi connectivity index (χ2n) is 5.01. The van der Waals surface area contributed by atoms with Crippen LogP contribution in [0.5, 0.6) is 0 Å². The number of likely N-dealkylation sites (tertiary alicyclic amines) is 1. The third kappa shape index (κ3) is 3.56. The predicted octanol–water partition coefficient (Wildman–Crippen LogP) is 2.74. The van der Waals surface area contributed by atoms with Crippen LogP contribution in [0.3, 0.4) is 0 Å². The molecule has 0 aliphatic carbocycles. The van der Waals surface area contributed by atoms with Crippen molar-refractivity contribution < 1.29 is 14.5 Å². The third-order valence-corrected chi connectivity index (χ3v) is 3.50. The Morgan fingerprint density at radius 2 is 2.14 bits per heavy atom. The van der Waals surface area contributed by atoms with Crippen LogP contribution in [0, 0.1) is 15.5 Å². The summed E-state index contributed by atoms with van der Waals surface area (Å²) in [4.78, 5) is 23.6. The number of nitro groups is 1. The van der Waals surface area contributed by atoms with Crippen LogP contribution < -0.4 is 0 Å². The number of non-ortho nitro benzene ring substituents is 1. The Bertz CT molecular complexity index is 556. The second kappa shape index (κ2) is 6.34. The molecule has 1 heterocycles. The van der Waals surface area contributed by atoms with Gasteiger partial charge in [-0.2, -0.15) is 0 Å². The van der Waals surface area contributed by atoms with Crippen molar-refractivity contribution in [2.75, 3.05) is 6.54 Å². The summed E-state index contributed by atoms with van der Waals surface area (Å²) in [6, 6.07) is 5.71. The van der Waals surface area contributed by atoms with E-state index in [2.05, 4.69) is 0 Å². The Kier molecular flexibility index (Phi) is 4.52. The Morgan fingerprint density at radius 1 is 1.48 bits per heavy atom. The largest absolute Gasteiger partial charge is 0.445 e. The van der Waals surface area contributed by atoms with Crippen LogP contribution >= 0.6 is 0 Å². The lowest BCUT2D eigenvalue weighted by Crippen LogP contribution is -2.39. The SMILES string of the molecule is CC(=N)C1CCCN1C(=O)OCc1ccc([N+](=O)[O-])cc1. The normalized spacial score (nSPS) is 17.6. The van der Waals surface area contributed by atoms with Gasteiger partial charge in [0.15, 0.2) is 0 Å². The van der Waals surface area contributed by atoms with Crippen molar-refractivity contribution in [2.24, 2.45) is 0 Å². The van der Waals surface area contributed by atoms with Gasteiger partial charge in [0.2, 0.25) is 0 Å². The molecule has 0 aromatic heterocycles. The average Bonchev–Trinajstić information content (AvgIpc) is 2.95. The maximum absolute atomic E-state index is 12.0. The molecule has 2 rings (SSSR count). The summed E-state index contributed by atoms with van der Waals surface area (Å²) in [5, 5.41) is 18.2. The van der Waals surface area contributed by atoms with Gasteiger partial charge in [-0.15, -0.1) is 0 Å². The van der Waals surface area contributed by atoms with Crippen LogP contribution in [0.1, 0.15) is 25.3 Å². The van der Waals surface area contributed by atoms with Gasteiger partial charge in [0.25, 0.3) is 5.69 Å². The summed E-state index contributed by atoms with van der Waals surface area (Å²) in [5.74, 6) is 0. The number of rotatable bonds is 4. The van der Waals surface area contributed by atoms with Crippen LogP contribution in [-0.2, 0) is 11.3 Å². The Morgan fingerprint density at radius 3 is 2.71 bits per heavy atom. The molecule has 0 saturated carbocycles. The van der Waals surface area contributed by atoms with Crippen LogP contribution in [0.25, 0.3) is 0 Å². The van der Waals surface area contributed by atoms with Crippen LogP contribution in [-0.4, -0.2) is 34.2 Å². The molecule has 7 nitrogen and oxygen atoms in total. The summed E-state index contributed by atoms with van der Waals surface area (Å²) in [6.07, 6.45) is 1.22. The van der Waals surface area contributed by atoms with Gasteiger partial charge in [0.05, 0.1) is 11.0 Å². The highest BCUT2D eigenvalue weighted by atomic mass is 16.6. The minimum atomic E-state index is -0.475. The Labute approximate surface area is 122 Å². The number of ether oxygens (including phenoxy) is 1. The first-order valence-corrected chi connectivity index (χ1v) is 6.71. The molecule has 1 unspecified atom stereocenters. The second-order valence-corrected chi connectivity index (χ2v) is 5.01. The monoisotopic (exact) mass is 291 g/mol. The summed E-state index contributed by atoms with van der Waals surface area (Å²) in [5.41, 5.74) is 1.15. The molecule has 1 amide bonds. The number of carbonyl (C=O) groups is 1. The topological polar surface area (TPSA) is 96.5 Å². The van der Waals surface area contributed by atoms with Gasteiger partial charge in [-0.05, 0) is 37.5 Å². The van der Waals surface area contributed by atoms with Crippen LogP contribution in [0.4, 0.5) is 10.5 Å². The van der Waals surface area contributed by atoms with Crippen molar-refractivity contribution in [3.05, 3.63) is 39.9 Å². The summed E-state index contributed by atoms with van der Waals surface area (Å²) < 4.78 is 5.21. The quantitative estimate of drug-likeness (QED) is 0.524. The minimum absolute atomic E-state index is 0.00381. The zero-order chi connectivity index (χ0) is 15.4. The molecular formula is C14H17N3O4. The van der Waals surface area contributed by atoms with E-state index in [4.69, 9.17) is 10.1 Å². The van der Waals surface area contributed by atoms with E-state index in [-0.39, 0.29) is 18.3 Å². The molecule has 7 heteroatoms. The highest BCUT2D eigenvalue weighted by Crippen LogP contribution is 2.20. The van der Waals surface area contributed by atoms with Gasteiger partial charge in [-0.25, -0.2) is 4.79 Å². The van der Waals surface area contributed by atoms with Gasteiger partial charge < -0.3 is 10.1 Å². The van der Waals surface area contributed by atoms with Crippen molar-refractivity contribution in [2.45, 2.75) is 32.4 Å². The van der Waals surface area contributed by atoms with E-state index in [1.807, 2.05) is 0 Å². The highest BCUT2D eigenvalue weighted by molar-refractivity contribution is 5.88. The van der Waals surface area contributed by atoms with Crippen LogP contribution in [0.2, 0.25) is 0 Å². The molecule has 0 spiro atoms. The molecule has 112 valence electrons. The molecule has 1 aliphatic rings. The molecule has 1 aliphatic heterocycles. The summed E-state index contributed by atoms with van der Waals surface area (Å²) in [7, 11) is 0. The van der Waals surface area contributed by atoms with E-state index in [0.29, 0.717) is 17.8 Å². The van der Waals surface area contributed by atoms with Crippen LogP contribution in [0.15, 0.2) is 24.3 Å². The molecule has 0 radical (unpaired) electrons. The molecule has 1 fully saturated rings. The molecule has 21 heavy (non-hydrogen) atoms. The van der Waals surface area contributed by atoms with Crippen molar-refractivity contribution in [3.63, 3.8) is 0 Å². The number of hydrogen-bond donors (Lipinski definition) is 1. The van der Waals surface area contributed by atoms with E-state index in [9.17, 15) is 14.9 Å². The van der Waals surface area contributed by atoms with Gasteiger partial charge in [0, 0.05) is 24.4 Å². The third-order valence-electron chi connectivity index (χ3n) is 3.50. The smallest absolute Gasteiger partial charge is 0.410 e. The highest BCUT2D eigenvalue weighted by Gasteiger charge is 2.31. The number of benzene rings is 1. The lowest BCUT2D eigenvalue weighted by Gasteiger charge is -2.23. The standard InChI is InChI=1S/C14H17N3O4/c1-10(15)13-3-2-8-16(13)14(18)21-9-11-4-6-12(7-5-11)17(19)20/h4-7,13,15H,2-3,8-9H2,1H3. The molecule has 1 saturated heterocycles. The summed E-state index contributed by atoms with van der Waals surface area (Å²) >= 11 is 0. The molecule has 1 N–H and O–H groups in total. The maximum atomic E-state index is 12.0. The van der Waals surface area contributed by atoms with Gasteiger partial charge in [-0.3, -0.25) is 15.0 Å². The molecule has 1 aromatic carbocycles. The molecule has 1 atom stereocenters. The van der Waals surface area contributed by atoms with Crippen molar-refractivity contribution >= 4 is 17.5 Å². The van der Waals surface area contributed by atoms with Crippen molar-refractivity contribution in [3.8, 4) is 0 Å². The van der Waals surface area contributed by atoms with E-state index < -0.39 is 11.0 Å². The Hall–Kier alpha value is -2.44. The van der Waals surface area contributed by atoms with E-state index >= 15 is 0 Å².